The zero-order valence-electron chi connectivity index (χ0n) is 9.39. The average molecular weight is 218 g/mol. The van der Waals surface area contributed by atoms with Crippen molar-refractivity contribution in [3.63, 3.8) is 0 Å². The monoisotopic (exact) mass is 218 g/mol. The Balaban J connectivity index is 1.93. The van der Waals surface area contributed by atoms with Gasteiger partial charge >= 0.3 is 0 Å². The normalized spacial score (nSPS) is 16.8. The molecule has 0 radical (unpaired) electrons. The number of benzene rings is 1. The minimum Gasteiger partial charge on any atom is -0.312 e. The molecular formula is C13H15FN2. The van der Waals surface area contributed by atoms with Gasteiger partial charge in [-0.2, -0.15) is 5.26 Å². The van der Waals surface area contributed by atoms with Crippen molar-refractivity contribution in [1.29, 1.82) is 5.26 Å². The Morgan fingerprint density at radius 2 is 2.19 bits per heavy atom. The van der Waals surface area contributed by atoms with Gasteiger partial charge in [-0.1, -0.05) is 6.92 Å². The van der Waals surface area contributed by atoms with Gasteiger partial charge in [-0.05, 0) is 42.0 Å². The van der Waals surface area contributed by atoms with Gasteiger partial charge in [0.1, 0.15) is 5.82 Å². The Bertz CT molecular complexity index is 430. The number of rotatable bonds is 4. The molecule has 2 rings (SSSR count). The molecule has 0 unspecified atom stereocenters. The third-order valence-electron chi connectivity index (χ3n) is 3.07. The molecule has 1 aliphatic rings. The minimum absolute atomic E-state index is 0.339. The summed E-state index contributed by atoms with van der Waals surface area (Å²) in [5, 5.41) is 12.0. The van der Waals surface area contributed by atoms with Gasteiger partial charge in [-0.3, -0.25) is 0 Å². The maximum atomic E-state index is 13.1. The number of hydrogen-bond acceptors (Lipinski definition) is 2. The Kier molecular flexibility index (Phi) is 2.93. The molecule has 1 aliphatic carbocycles. The number of nitrogens with zero attached hydrogens (tertiary/aromatic N) is 1. The van der Waals surface area contributed by atoms with E-state index in [-0.39, 0.29) is 5.82 Å². The molecule has 1 aromatic rings. The number of nitriles is 1. The summed E-state index contributed by atoms with van der Waals surface area (Å²) in [6.07, 6.45) is 2.54. The first-order chi connectivity index (χ1) is 7.61. The van der Waals surface area contributed by atoms with E-state index in [2.05, 4.69) is 12.2 Å². The predicted octanol–water partition coefficient (Wildman–Crippen LogP) is 2.59. The van der Waals surface area contributed by atoms with Gasteiger partial charge in [0.2, 0.25) is 0 Å². The van der Waals surface area contributed by atoms with Crippen LogP contribution in [-0.4, -0.2) is 6.54 Å². The van der Waals surface area contributed by atoms with Crippen molar-refractivity contribution in [2.75, 3.05) is 6.54 Å². The Morgan fingerprint density at radius 1 is 1.44 bits per heavy atom. The van der Waals surface area contributed by atoms with Crippen molar-refractivity contribution < 1.29 is 4.39 Å². The average Bonchev–Trinajstić information content (AvgIpc) is 2.96. The molecule has 0 spiro atoms. The van der Waals surface area contributed by atoms with Crippen LogP contribution in [0.4, 0.5) is 4.39 Å². The molecule has 1 saturated carbocycles. The summed E-state index contributed by atoms with van der Waals surface area (Å²) in [7, 11) is 0. The van der Waals surface area contributed by atoms with E-state index in [1.54, 1.807) is 6.07 Å². The molecule has 84 valence electrons. The van der Waals surface area contributed by atoms with Gasteiger partial charge in [0.25, 0.3) is 0 Å². The van der Waals surface area contributed by atoms with Crippen LogP contribution in [0, 0.1) is 22.6 Å². The third kappa shape index (κ3) is 2.80. The standard InChI is InChI=1S/C13H15FN2/c1-13(2-3-13)9-16-8-11-4-10(7-15)5-12(14)6-11/h4-6,16H,2-3,8-9H2,1H3. The van der Waals surface area contributed by atoms with E-state index >= 15 is 0 Å². The first kappa shape index (κ1) is 11.1. The largest absolute Gasteiger partial charge is 0.312 e. The van der Waals surface area contributed by atoms with Crippen molar-refractivity contribution in [3.05, 3.63) is 35.1 Å². The Morgan fingerprint density at radius 3 is 2.81 bits per heavy atom. The minimum atomic E-state index is -0.339. The summed E-state index contributed by atoms with van der Waals surface area (Å²) in [4.78, 5) is 0. The second-order valence-corrected chi connectivity index (χ2v) is 4.87. The van der Waals surface area contributed by atoms with E-state index in [0.29, 0.717) is 17.5 Å². The smallest absolute Gasteiger partial charge is 0.124 e. The van der Waals surface area contributed by atoms with E-state index in [1.807, 2.05) is 6.07 Å². The Labute approximate surface area is 95.1 Å². The van der Waals surface area contributed by atoms with Gasteiger partial charge < -0.3 is 5.32 Å². The highest BCUT2D eigenvalue weighted by molar-refractivity contribution is 5.33. The first-order valence-corrected chi connectivity index (χ1v) is 5.52. The van der Waals surface area contributed by atoms with Crippen LogP contribution in [0.3, 0.4) is 0 Å². The topological polar surface area (TPSA) is 35.8 Å². The van der Waals surface area contributed by atoms with Crippen LogP contribution >= 0.6 is 0 Å². The predicted molar refractivity (Wildman–Crippen MR) is 60.2 cm³/mol. The molecular weight excluding hydrogens is 203 g/mol. The van der Waals surface area contributed by atoms with Crippen molar-refractivity contribution in [2.24, 2.45) is 5.41 Å². The van der Waals surface area contributed by atoms with Crippen molar-refractivity contribution in [2.45, 2.75) is 26.3 Å². The number of hydrogen-bond donors (Lipinski definition) is 1. The van der Waals surface area contributed by atoms with Crippen LogP contribution < -0.4 is 5.32 Å². The summed E-state index contributed by atoms with van der Waals surface area (Å²) in [5.74, 6) is -0.339. The van der Waals surface area contributed by atoms with Crippen molar-refractivity contribution in [3.8, 4) is 6.07 Å². The Hall–Kier alpha value is -1.40. The third-order valence-corrected chi connectivity index (χ3v) is 3.07. The van der Waals surface area contributed by atoms with Crippen molar-refractivity contribution >= 4 is 0 Å². The summed E-state index contributed by atoms with van der Waals surface area (Å²) >= 11 is 0. The fourth-order valence-corrected chi connectivity index (χ4v) is 1.72. The van der Waals surface area contributed by atoms with Crippen LogP contribution in [-0.2, 0) is 6.54 Å². The van der Waals surface area contributed by atoms with E-state index in [9.17, 15) is 4.39 Å². The second-order valence-electron chi connectivity index (χ2n) is 4.87. The van der Waals surface area contributed by atoms with Gasteiger partial charge in [-0.25, -0.2) is 4.39 Å². The number of halogens is 1. The summed E-state index contributed by atoms with van der Waals surface area (Å²) in [5.41, 5.74) is 1.67. The maximum absolute atomic E-state index is 13.1. The van der Waals surface area contributed by atoms with E-state index in [4.69, 9.17) is 5.26 Å². The highest BCUT2D eigenvalue weighted by atomic mass is 19.1. The molecule has 1 fully saturated rings. The highest BCUT2D eigenvalue weighted by Crippen LogP contribution is 2.44. The van der Waals surface area contributed by atoms with E-state index < -0.39 is 0 Å². The van der Waals surface area contributed by atoms with Gasteiger partial charge in [-0.15, -0.1) is 0 Å². The highest BCUT2D eigenvalue weighted by Gasteiger charge is 2.36. The molecule has 2 nitrogen and oxygen atoms in total. The quantitative estimate of drug-likeness (QED) is 0.843. The zero-order chi connectivity index (χ0) is 11.6. The van der Waals surface area contributed by atoms with Gasteiger partial charge in [0, 0.05) is 13.1 Å². The zero-order valence-corrected chi connectivity index (χ0v) is 9.39. The fourth-order valence-electron chi connectivity index (χ4n) is 1.72. The van der Waals surface area contributed by atoms with Crippen molar-refractivity contribution in [1.82, 2.24) is 5.32 Å². The van der Waals surface area contributed by atoms with Crippen LogP contribution in [0.25, 0.3) is 0 Å². The molecule has 0 atom stereocenters. The van der Waals surface area contributed by atoms with Crippen LogP contribution in [0.1, 0.15) is 30.9 Å². The molecule has 0 amide bonds. The van der Waals surface area contributed by atoms with E-state index in [0.717, 1.165) is 12.1 Å². The lowest BCUT2D eigenvalue weighted by Crippen LogP contribution is -2.21. The molecule has 0 heterocycles. The lowest BCUT2D eigenvalue weighted by molar-refractivity contribution is 0.498. The lowest BCUT2D eigenvalue weighted by Gasteiger charge is -2.10. The number of nitrogens with one attached hydrogen (secondary N) is 1. The molecule has 0 aromatic heterocycles. The van der Waals surface area contributed by atoms with Crippen LogP contribution in [0.5, 0.6) is 0 Å². The van der Waals surface area contributed by atoms with Gasteiger partial charge in [0.05, 0.1) is 11.6 Å². The summed E-state index contributed by atoms with van der Waals surface area (Å²) in [6.45, 7) is 3.83. The van der Waals surface area contributed by atoms with Crippen LogP contribution in [0.15, 0.2) is 18.2 Å². The molecule has 0 bridgehead atoms. The molecule has 0 aliphatic heterocycles. The van der Waals surface area contributed by atoms with Gasteiger partial charge in [0.15, 0.2) is 0 Å². The maximum Gasteiger partial charge on any atom is 0.124 e. The van der Waals surface area contributed by atoms with E-state index in [1.165, 1.54) is 25.0 Å². The molecule has 1 aromatic carbocycles. The van der Waals surface area contributed by atoms with Crippen LogP contribution in [0.2, 0.25) is 0 Å². The fraction of sp³-hybridized carbons (Fsp3) is 0.462. The summed E-state index contributed by atoms with van der Waals surface area (Å²) < 4.78 is 13.1. The first-order valence-electron chi connectivity index (χ1n) is 5.52. The molecule has 1 N–H and O–H groups in total. The SMILES string of the molecule is CC1(CNCc2cc(F)cc(C#N)c2)CC1. The second kappa shape index (κ2) is 4.23. The summed E-state index contributed by atoms with van der Waals surface area (Å²) in [6, 6.07) is 6.42. The molecule has 3 heteroatoms. The lowest BCUT2D eigenvalue weighted by atomic mass is 10.1. The molecule has 0 saturated heterocycles. The molecule has 16 heavy (non-hydrogen) atoms.